The molecular formula is C14H22N4O2S. The predicted molar refractivity (Wildman–Crippen MR) is 82.3 cm³/mol. The molecule has 1 saturated heterocycles. The molecule has 116 valence electrons. The number of hydrogen-bond donors (Lipinski definition) is 1. The zero-order valence-corrected chi connectivity index (χ0v) is 13.4. The summed E-state index contributed by atoms with van der Waals surface area (Å²) in [5.41, 5.74) is 0. The highest BCUT2D eigenvalue weighted by Gasteiger charge is 2.18. The summed E-state index contributed by atoms with van der Waals surface area (Å²) in [6, 6.07) is 0. The van der Waals surface area contributed by atoms with Crippen molar-refractivity contribution in [3.8, 4) is 0 Å². The lowest BCUT2D eigenvalue weighted by molar-refractivity contribution is -0.133. The van der Waals surface area contributed by atoms with E-state index in [-0.39, 0.29) is 24.7 Å². The van der Waals surface area contributed by atoms with Gasteiger partial charge in [0.25, 0.3) is 0 Å². The van der Waals surface area contributed by atoms with Crippen molar-refractivity contribution in [2.24, 2.45) is 0 Å². The summed E-state index contributed by atoms with van der Waals surface area (Å²) in [7, 11) is 0. The second-order valence-corrected chi connectivity index (χ2v) is 6.60. The van der Waals surface area contributed by atoms with Crippen molar-refractivity contribution >= 4 is 28.3 Å². The summed E-state index contributed by atoms with van der Waals surface area (Å²) < 4.78 is 0. The van der Waals surface area contributed by atoms with Crippen molar-refractivity contribution in [1.82, 2.24) is 15.1 Å². The lowest BCUT2D eigenvalue weighted by Gasteiger charge is -2.26. The maximum absolute atomic E-state index is 12.0. The van der Waals surface area contributed by atoms with Gasteiger partial charge in [0.1, 0.15) is 5.01 Å². The Hall–Kier alpha value is -1.50. The van der Waals surface area contributed by atoms with E-state index in [1.54, 1.807) is 0 Å². The van der Waals surface area contributed by atoms with Gasteiger partial charge in [-0.15, -0.1) is 10.2 Å². The minimum absolute atomic E-state index is 0.0741. The van der Waals surface area contributed by atoms with E-state index in [2.05, 4.69) is 15.5 Å². The van der Waals surface area contributed by atoms with Crippen LogP contribution in [0.25, 0.3) is 0 Å². The maximum atomic E-state index is 12.0. The number of nitrogens with one attached hydrogen (secondary N) is 1. The molecule has 1 aliphatic heterocycles. The van der Waals surface area contributed by atoms with Crippen LogP contribution in [-0.2, 0) is 9.59 Å². The molecule has 1 fully saturated rings. The van der Waals surface area contributed by atoms with Crippen LogP contribution in [0.15, 0.2) is 0 Å². The summed E-state index contributed by atoms with van der Waals surface area (Å²) in [4.78, 5) is 25.7. The van der Waals surface area contributed by atoms with E-state index in [0.29, 0.717) is 11.0 Å². The quantitative estimate of drug-likeness (QED) is 0.906. The fourth-order valence-electron chi connectivity index (χ4n) is 2.22. The number of piperidine rings is 1. The first-order valence-corrected chi connectivity index (χ1v) is 8.29. The zero-order valence-electron chi connectivity index (χ0n) is 12.6. The third-order valence-electron chi connectivity index (χ3n) is 3.46. The van der Waals surface area contributed by atoms with Crippen LogP contribution >= 0.6 is 11.3 Å². The van der Waals surface area contributed by atoms with Gasteiger partial charge in [0, 0.05) is 31.8 Å². The Kier molecular flexibility index (Phi) is 5.67. The molecule has 2 amide bonds. The topological polar surface area (TPSA) is 75.2 Å². The molecule has 0 unspecified atom stereocenters. The van der Waals surface area contributed by atoms with Crippen LogP contribution in [0.3, 0.4) is 0 Å². The first-order chi connectivity index (χ1) is 10.1. The number of anilines is 1. The van der Waals surface area contributed by atoms with Crippen molar-refractivity contribution < 1.29 is 9.59 Å². The van der Waals surface area contributed by atoms with Gasteiger partial charge < -0.3 is 10.2 Å². The number of likely N-dealkylation sites (tertiary alicyclic amines) is 1. The molecule has 0 aromatic carbocycles. The van der Waals surface area contributed by atoms with Gasteiger partial charge in [-0.2, -0.15) is 0 Å². The molecule has 0 bridgehead atoms. The Labute approximate surface area is 128 Å². The minimum Gasteiger partial charge on any atom is -0.343 e. The molecule has 21 heavy (non-hydrogen) atoms. The molecule has 1 aliphatic rings. The third-order valence-corrected chi connectivity index (χ3v) is 4.59. The number of rotatable bonds is 5. The van der Waals surface area contributed by atoms with E-state index in [1.165, 1.54) is 17.8 Å². The Morgan fingerprint density at radius 3 is 2.52 bits per heavy atom. The van der Waals surface area contributed by atoms with Gasteiger partial charge in [-0.25, -0.2) is 0 Å². The normalized spacial score (nSPS) is 15.3. The summed E-state index contributed by atoms with van der Waals surface area (Å²) >= 11 is 1.38. The van der Waals surface area contributed by atoms with Crippen LogP contribution in [0.4, 0.5) is 5.13 Å². The van der Waals surface area contributed by atoms with Crippen molar-refractivity contribution in [2.75, 3.05) is 18.4 Å². The standard InChI is InChI=1S/C14H22N4O2S/c1-10(2)13-16-17-14(21-13)15-11(19)6-7-12(20)18-8-4-3-5-9-18/h10H,3-9H2,1-2H3,(H,15,17,19). The van der Waals surface area contributed by atoms with Crippen LogP contribution in [0.1, 0.15) is 56.9 Å². The maximum Gasteiger partial charge on any atom is 0.226 e. The van der Waals surface area contributed by atoms with Gasteiger partial charge in [-0.1, -0.05) is 25.2 Å². The van der Waals surface area contributed by atoms with Crippen LogP contribution < -0.4 is 5.32 Å². The van der Waals surface area contributed by atoms with Gasteiger partial charge >= 0.3 is 0 Å². The van der Waals surface area contributed by atoms with Crippen molar-refractivity contribution in [3.63, 3.8) is 0 Å². The second kappa shape index (κ2) is 7.49. The number of carbonyl (C=O) groups excluding carboxylic acids is 2. The summed E-state index contributed by atoms with van der Waals surface area (Å²) in [6.45, 7) is 5.72. The predicted octanol–water partition coefficient (Wildman–Crippen LogP) is 2.39. The number of carbonyl (C=O) groups is 2. The summed E-state index contributed by atoms with van der Waals surface area (Å²) in [6.07, 6.45) is 3.80. The molecule has 0 radical (unpaired) electrons. The zero-order chi connectivity index (χ0) is 15.2. The Morgan fingerprint density at radius 2 is 1.90 bits per heavy atom. The fourth-order valence-corrected chi connectivity index (χ4v) is 2.98. The fraction of sp³-hybridized carbons (Fsp3) is 0.714. The van der Waals surface area contributed by atoms with Gasteiger partial charge in [0.2, 0.25) is 16.9 Å². The Balaban J connectivity index is 1.74. The smallest absolute Gasteiger partial charge is 0.226 e. The molecule has 7 heteroatoms. The van der Waals surface area contributed by atoms with Crippen LogP contribution in [0, 0.1) is 0 Å². The molecule has 0 atom stereocenters. The van der Waals surface area contributed by atoms with E-state index in [9.17, 15) is 9.59 Å². The first-order valence-electron chi connectivity index (χ1n) is 7.47. The molecule has 0 spiro atoms. The van der Waals surface area contributed by atoms with Crippen LogP contribution in [0.5, 0.6) is 0 Å². The van der Waals surface area contributed by atoms with E-state index < -0.39 is 0 Å². The molecular weight excluding hydrogens is 288 g/mol. The summed E-state index contributed by atoms with van der Waals surface area (Å²) in [5.74, 6) is 0.200. The van der Waals surface area contributed by atoms with E-state index in [4.69, 9.17) is 0 Å². The first kappa shape index (κ1) is 15.9. The van der Waals surface area contributed by atoms with Gasteiger partial charge in [-0.05, 0) is 19.3 Å². The molecule has 1 aromatic rings. The van der Waals surface area contributed by atoms with Gasteiger partial charge in [0.05, 0.1) is 0 Å². The van der Waals surface area contributed by atoms with E-state index >= 15 is 0 Å². The molecule has 1 aromatic heterocycles. The van der Waals surface area contributed by atoms with Crippen molar-refractivity contribution in [1.29, 1.82) is 0 Å². The van der Waals surface area contributed by atoms with Gasteiger partial charge in [0.15, 0.2) is 0 Å². The molecule has 2 heterocycles. The lowest BCUT2D eigenvalue weighted by atomic mass is 10.1. The third kappa shape index (κ3) is 4.77. The van der Waals surface area contributed by atoms with Crippen LogP contribution in [0.2, 0.25) is 0 Å². The SMILES string of the molecule is CC(C)c1nnc(NC(=O)CCC(=O)N2CCCCC2)s1. The van der Waals surface area contributed by atoms with Crippen molar-refractivity contribution in [3.05, 3.63) is 5.01 Å². The number of hydrogen-bond acceptors (Lipinski definition) is 5. The lowest BCUT2D eigenvalue weighted by Crippen LogP contribution is -2.35. The molecule has 1 N–H and O–H groups in total. The summed E-state index contributed by atoms with van der Waals surface area (Å²) in [5, 5.41) is 12.1. The van der Waals surface area contributed by atoms with E-state index in [1.807, 2.05) is 18.7 Å². The number of nitrogens with zero attached hydrogens (tertiary/aromatic N) is 3. The molecule has 0 aliphatic carbocycles. The number of aromatic nitrogens is 2. The molecule has 0 saturated carbocycles. The van der Waals surface area contributed by atoms with Gasteiger partial charge in [-0.3, -0.25) is 9.59 Å². The minimum atomic E-state index is -0.174. The number of amides is 2. The second-order valence-electron chi connectivity index (χ2n) is 5.59. The Morgan fingerprint density at radius 1 is 1.19 bits per heavy atom. The monoisotopic (exact) mass is 310 g/mol. The molecule has 2 rings (SSSR count). The largest absolute Gasteiger partial charge is 0.343 e. The van der Waals surface area contributed by atoms with E-state index in [0.717, 1.165) is 30.9 Å². The van der Waals surface area contributed by atoms with Crippen molar-refractivity contribution in [2.45, 2.75) is 51.9 Å². The highest BCUT2D eigenvalue weighted by molar-refractivity contribution is 7.15. The van der Waals surface area contributed by atoms with Crippen LogP contribution in [-0.4, -0.2) is 40.0 Å². The Bertz CT molecular complexity index is 495. The molecule has 6 nitrogen and oxygen atoms in total. The highest BCUT2D eigenvalue weighted by atomic mass is 32.1. The highest BCUT2D eigenvalue weighted by Crippen LogP contribution is 2.22. The average molecular weight is 310 g/mol. The average Bonchev–Trinajstić information content (AvgIpc) is 2.94.